The van der Waals surface area contributed by atoms with Crippen molar-refractivity contribution < 1.29 is 0 Å². The monoisotopic (exact) mass is 303 g/mol. The van der Waals surface area contributed by atoms with Crippen molar-refractivity contribution in [2.24, 2.45) is 11.5 Å². The predicted octanol–water partition coefficient (Wildman–Crippen LogP) is 1.12. The van der Waals surface area contributed by atoms with Crippen molar-refractivity contribution >= 4 is 24.4 Å². The molecule has 0 amide bonds. The normalized spacial score (nSPS) is 11.1. The largest absolute Gasteiger partial charge is 0.312 e. The third-order valence-corrected chi connectivity index (χ3v) is 6.39. The average Bonchev–Trinajstić information content (AvgIpc) is 2.57. The summed E-state index contributed by atoms with van der Waals surface area (Å²) in [6.07, 6.45) is -0.435. The maximum atomic E-state index is 5.85. The standard InChI is InChI=1S/C19H19N2Si/c20-19(21)15-8-7-13-18(14-15)22(16-9-3-1-4-10-16)17-11-5-2-6-12-17/h1-14,19H,20-21H2. The lowest BCUT2D eigenvalue weighted by molar-refractivity contribution is 0.774. The summed E-state index contributed by atoms with van der Waals surface area (Å²) in [5.74, 6) is 0. The average molecular weight is 303 g/mol. The van der Waals surface area contributed by atoms with Crippen LogP contribution in [0.3, 0.4) is 0 Å². The van der Waals surface area contributed by atoms with Crippen LogP contribution >= 0.6 is 0 Å². The van der Waals surface area contributed by atoms with E-state index in [2.05, 4.69) is 72.8 Å². The Labute approximate surface area is 133 Å². The van der Waals surface area contributed by atoms with Crippen molar-refractivity contribution in [3.63, 3.8) is 0 Å². The van der Waals surface area contributed by atoms with Gasteiger partial charge in [-0.3, -0.25) is 0 Å². The highest BCUT2D eigenvalue weighted by Gasteiger charge is 2.19. The van der Waals surface area contributed by atoms with Crippen LogP contribution in [0, 0.1) is 0 Å². The second kappa shape index (κ2) is 6.71. The van der Waals surface area contributed by atoms with Gasteiger partial charge in [0.2, 0.25) is 0 Å². The molecule has 3 aromatic rings. The van der Waals surface area contributed by atoms with E-state index in [4.69, 9.17) is 11.5 Å². The smallest absolute Gasteiger partial charge is 0.154 e. The van der Waals surface area contributed by atoms with E-state index < -0.39 is 15.0 Å². The summed E-state index contributed by atoms with van der Waals surface area (Å²) >= 11 is 0. The van der Waals surface area contributed by atoms with Crippen molar-refractivity contribution in [3.05, 3.63) is 90.5 Å². The molecule has 0 atom stereocenters. The zero-order valence-corrected chi connectivity index (χ0v) is 13.3. The Kier molecular flexibility index (Phi) is 4.49. The Morgan fingerprint density at radius 3 is 1.59 bits per heavy atom. The summed E-state index contributed by atoms with van der Waals surface area (Å²) < 4.78 is 0. The third kappa shape index (κ3) is 3.17. The van der Waals surface area contributed by atoms with E-state index in [1.165, 1.54) is 15.6 Å². The highest BCUT2D eigenvalue weighted by Crippen LogP contribution is 2.04. The summed E-state index contributed by atoms with van der Waals surface area (Å²) in [6, 6.07) is 29.7. The number of hydrogen-bond acceptors (Lipinski definition) is 2. The quantitative estimate of drug-likeness (QED) is 0.431. The van der Waals surface area contributed by atoms with Gasteiger partial charge in [-0.2, -0.15) is 0 Å². The van der Waals surface area contributed by atoms with Crippen molar-refractivity contribution in [1.29, 1.82) is 0 Å². The minimum Gasteiger partial charge on any atom is -0.312 e. The second-order valence-corrected chi connectivity index (χ2v) is 7.74. The van der Waals surface area contributed by atoms with E-state index in [1.807, 2.05) is 12.1 Å². The second-order valence-electron chi connectivity index (χ2n) is 5.26. The molecule has 0 aliphatic carbocycles. The van der Waals surface area contributed by atoms with E-state index >= 15 is 0 Å². The van der Waals surface area contributed by atoms with Gasteiger partial charge in [-0.05, 0) is 5.56 Å². The summed E-state index contributed by atoms with van der Waals surface area (Å²) in [7, 11) is -1.04. The Bertz CT molecular complexity index is 687. The van der Waals surface area contributed by atoms with Crippen LogP contribution < -0.4 is 27.0 Å². The Balaban J connectivity index is 2.12. The van der Waals surface area contributed by atoms with Crippen LogP contribution in [0.1, 0.15) is 11.7 Å². The maximum absolute atomic E-state index is 5.85. The van der Waals surface area contributed by atoms with Gasteiger partial charge in [0.1, 0.15) is 0 Å². The van der Waals surface area contributed by atoms with Crippen LogP contribution in [0.4, 0.5) is 0 Å². The topological polar surface area (TPSA) is 52.0 Å². The molecular weight excluding hydrogens is 284 g/mol. The van der Waals surface area contributed by atoms with Crippen LogP contribution in [-0.4, -0.2) is 8.80 Å². The molecule has 1 radical (unpaired) electrons. The van der Waals surface area contributed by atoms with E-state index in [9.17, 15) is 0 Å². The Morgan fingerprint density at radius 1 is 0.591 bits per heavy atom. The molecule has 0 heterocycles. The van der Waals surface area contributed by atoms with E-state index in [0.29, 0.717) is 0 Å². The van der Waals surface area contributed by atoms with Gasteiger partial charge in [0, 0.05) is 0 Å². The summed E-state index contributed by atoms with van der Waals surface area (Å²) in [5, 5.41) is 4.03. The fraction of sp³-hybridized carbons (Fsp3) is 0.0526. The van der Waals surface area contributed by atoms with Crippen LogP contribution in [0.2, 0.25) is 0 Å². The molecular formula is C19H19N2Si. The third-order valence-electron chi connectivity index (χ3n) is 3.69. The molecule has 22 heavy (non-hydrogen) atoms. The molecule has 0 bridgehead atoms. The first-order chi connectivity index (χ1) is 10.8. The highest BCUT2D eigenvalue weighted by atomic mass is 28.3. The minimum atomic E-state index is -1.04. The SMILES string of the molecule is NC(N)c1cccc([Si](c2ccccc2)c2ccccc2)c1. The van der Waals surface area contributed by atoms with Gasteiger partial charge in [0.25, 0.3) is 0 Å². The van der Waals surface area contributed by atoms with Crippen LogP contribution in [0.15, 0.2) is 84.9 Å². The molecule has 0 spiro atoms. The van der Waals surface area contributed by atoms with Gasteiger partial charge < -0.3 is 11.5 Å². The summed E-state index contributed by atoms with van der Waals surface area (Å²) in [6.45, 7) is 0. The molecule has 109 valence electrons. The van der Waals surface area contributed by atoms with Crippen molar-refractivity contribution in [1.82, 2.24) is 0 Å². The molecule has 0 aliphatic heterocycles. The predicted molar refractivity (Wildman–Crippen MR) is 95.1 cm³/mol. The lowest BCUT2D eigenvalue weighted by Crippen LogP contribution is -2.52. The van der Waals surface area contributed by atoms with E-state index in [0.717, 1.165) is 5.56 Å². The van der Waals surface area contributed by atoms with Crippen LogP contribution in [0.5, 0.6) is 0 Å². The first-order valence-corrected chi connectivity index (χ1v) is 8.85. The fourth-order valence-corrected chi connectivity index (χ4v) is 5.24. The zero-order valence-electron chi connectivity index (χ0n) is 12.3. The van der Waals surface area contributed by atoms with Gasteiger partial charge >= 0.3 is 0 Å². The molecule has 0 aromatic heterocycles. The molecule has 4 N–H and O–H groups in total. The van der Waals surface area contributed by atoms with Gasteiger partial charge in [-0.25, -0.2) is 0 Å². The lowest BCUT2D eigenvalue weighted by atomic mass is 10.2. The molecule has 3 aromatic carbocycles. The molecule has 0 aliphatic rings. The number of benzene rings is 3. The number of nitrogens with two attached hydrogens (primary N) is 2. The summed E-state index contributed by atoms with van der Waals surface area (Å²) in [4.78, 5) is 0. The first kappa shape index (κ1) is 14.7. The summed E-state index contributed by atoms with van der Waals surface area (Å²) in [5.41, 5.74) is 12.7. The zero-order chi connectivity index (χ0) is 15.4. The molecule has 2 nitrogen and oxygen atoms in total. The van der Waals surface area contributed by atoms with Crippen molar-refractivity contribution in [3.8, 4) is 0 Å². The van der Waals surface area contributed by atoms with E-state index in [-0.39, 0.29) is 0 Å². The molecule has 0 saturated carbocycles. The van der Waals surface area contributed by atoms with Gasteiger partial charge in [-0.15, -0.1) is 0 Å². The highest BCUT2D eigenvalue weighted by molar-refractivity contribution is 6.95. The van der Waals surface area contributed by atoms with Crippen molar-refractivity contribution in [2.75, 3.05) is 0 Å². The Hall–Kier alpha value is -2.20. The van der Waals surface area contributed by atoms with Gasteiger partial charge in [-0.1, -0.05) is 100 Å². The van der Waals surface area contributed by atoms with Gasteiger partial charge in [0.15, 0.2) is 8.80 Å². The molecule has 0 saturated heterocycles. The van der Waals surface area contributed by atoms with Crippen molar-refractivity contribution in [2.45, 2.75) is 6.17 Å². The number of hydrogen-bond donors (Lipinski definition) is 2. The van der Waals surface area contributed by atoms with E-state index in [1.54, 1.807) is 0 Å². The van der Waals surface area contributed by atoms with Gasteiger partial charge in [0.05, 0.1) is 6.17 Å². The Morgan fingerprint density at radius 2 is 1.09 bits per heavy atom. The lowest BCUT2D eigenvalue weighted by Gasteiger charge is -2.18. The minimum absolute atomic E-state index is 0.435. The fourth-order valence-electron chi connectivity index (χ4n) is 2.61. The van der Waals surface area contributed by atoms with Crippen LogP contribution in [0.25, 0.3) is 0 Å². The molecule has 3 heteroatoms. The van der Waals surface area contributed by atoms with Crippen LogP contribution in [-0.2, 0) is 0 Å². The molecule has 0 fully saturated rings. The maximum Gasteiger partial charge on any atom is 0.154 e. The molecule has 3 rings (SSSR count). The number of rotatable bonds is 4. The first-order valence-electron chi connectivity index (χ1n) is 7.35. The molecule has 0 unspecified atom stereocenters.